The van der Waals surface area contributed by atoms with Crippen molar-refractivity contribution < 1.29 is 9.50 Å². The first-order valence-electron chi connectivity index (χ1n) is 6.58. The van der Waals surface area contributed by atoms with E-state index in [9.17, 15) is 9.50 Å². The van der Waals surface area contributed by atoms with E-state index in [1.54, 1.807) is 12.1 Å². The standard InChI is InChI=1S/C15H21FO/c1-11-5-4-7-13(9-11)15(17)10-12-6-2-3-8-14(12)16/h2-3,6,8,11,13,15,17H,4-5,7,9-10H2,1H3. The second kappa shape index (κ2) is 5.63. The van der Waals surface area contributed by atoms with Crippen LogP contribution in [0.4, 0.5) is 4.39 Å². The third kappa shape index (κ3) is 3.29. The molecule has 94 valence electrons. The summed E-state index contributed by atoms with van der Waals surface area (Å²) < 4.78 is 13.5. The molecule has 1 aromatic carbocycles. The van der Waals surface area contributed by atoms with Crippen molar-refractivity contribution in [3.8, 4) is 0 Å². The maximum atomic E-state index is 13.5. The van der Waals surface area contributed by atoms with E-state index >= 15 is 0 Å². The molecule has 0 saturated heterocycles. The molecule has 17 heavy (non-hydrogen) atoms. The Kier molecular flexibility index (Phi) is 4.16. The Labute approximate surface area is 103 Å². The highest BCUT2D eigenvalue weighted by Gasteiger charge is 2.25. The molecule has 1 aliphatic carbocycles. The number of rotatable bonds is 3. The molecule has 1 fully saturated rings. The van der Waals surface area contributed by atoms with Gasteiger partial charge >= 0.3 is 0 Å². The highest BCUT2D eigenvalue weighted by Crippen LogP contribution is 2.32. The Balaban J connectivity index is 1.96. The Morgan fingerprint density at radius 1 is 1.35 bits per heavy atom. The van der Waals surface area contributed by atoms with Crippen LogP contribution in [-0.2, 0) is 6.42 Å². The van der Waals surface area contributed by atoms with Gasteiger partial charge in [0.05, 0.1) is 6.10 Å². The van der Waals surface area contributed by atoms with Crippen molar-refractivity contribution in [2.75, 3.05) is 0 Å². The SMILES string of the molecule is CC1CCCC(C(O)Cc2ccccc2F)C1. The summed E-state index contributed by atoms with van der Waals surface area (Å²) in [6, 6.07) is 6.75. The zero-order valence-corrected chi connectivity index (χ0v) is 10.4. The molecule has 0 heterocycles. The van der Waals surface area contributed by atoms with Crippen LogP contribution in [0.25, 0.3) is 0 Å². The summed E-state index contributed by atoms with van der Waals surface area (Å²) >= 11 is 0. The predicted molar refractivity (Wildman–Crippen MR) is 67.2 cm³/mol. The van der Waals surface area contributed by atoms with E-state index in [4.69, 9.17) is 0 Å². The Morgan fingerprint density at radius 2 is 2.12 bits per heavy atom. The summed E-state index contributed by atoms with van der Waals surface area (Å²) in [5.74, 6) is 0.845. The van der Waals surface area contributed by atoms with Crippen LogP contribution in [0.15, 0.2) is 24.3 Å². The number of benzene rings is 1. The first kappa shape index (κ1) is 12.6. The third-order valence-corrected chi connectivity index (χ3v) is 3.91. The molecule has 0 aliphatic heterocycles. The summed E-state index contributed by atoms with van der Waals surface area (Å²) in [5, 5.41) is 10.2. The molecule has 0 radical (unpaired) electrons. The van der Waals surface area contributed by atoms with Crippen molar-refractivity contribution in [2.45, 2.75) is 45.1 Å². The minimum atomic E-state index is -0.394. The van der Waals surface area contributed by atoms with Crippen LogP contribution in [-0.4, -0.2) is 11.2 Å². The molecule has 0 spiro atoms. The van der Waals surface area contributed by atoms with Crippen LogP contribution in [0.2, 0.25) is 0 Å². The molecule has 1 aliphatic rings. The number of aliphatic hydroxyl groups is 1. The van der Waals surface area contributed by atoms with Crippen molar-refractivity contribution in [2.24, 2.45) is 11.8 Å². The molecule has 2 heteroatoms. The quantitative estimate of drug-likeness (QED) is 0.850. The van der Waals surface area contributed by atoms with E-state index in [1.807, 2.05) is 6.07 Å². The molecule has 2 rings (SSSR count). The van der Waals surface area contributed by atoms with Crippen LogP contribution in [0.3, 0.4) is 0 Å². The molecular formula is C15H21FO. The molecule has 0 bridgehead atoms. The average molecular weight is 236 g/mol. The van der Waals surface area contributed by atoms with Crippen LogP contribution < -0.4 is 0 Å². The average Bonchev–Trinajstić information content (AvgIpc) is 2.32. The molecule has 1 nitrogen and oxygen atoms in total. The first-order valence-corrected chi connectivity index (χ1v) is 6.58. The minimum absolute atomic E-state index is 0.199. The van der Waals surface area contributed by atoms with Gasteiger partial charge in [-0.05, 0) is 36.3 Å². The van der Waals surface area contributed by atoms with Crippen molar-refractivity contribution in [1.29, 1.82) is 0 Å². The molecule has 3 atom stereocenters. The van der Waals surface area contributed by atoms with Crippen LogP contribution >= 0.6 is 0 Å². The van der Waals surface area contributed by atoms with Crippen LogP contribution in [0, 0.1) is 17.7 Å². The van der Waals surface area contributed by atoms with E-state index in [0.717, 1.165) is 12.8 Å². The zero-order valence-electron chi connectivity index (χ0n) is 10.4. The molecule has 1 N–H and O–H groups in total. The fourth-order valence-corrected chi connectivity index (χ4v) is 2.89. The maximum Gasteiger partial charge on any atom is 0.126 e. The molecule has 1 saturated carbocycles. The number of hydrogen-bond acceptors (Lipinski definition) is 1. The van der Waals surface area contributed by atoms with Gasteiger partial charge < -0.3 is 5.11 Å². The Hall–Kier alpha value is -0.890. The van der Waals surface area contributed by atoms with Crippen LogP contribution in [0.5, 0.6) is 0 Å². The van der Waals surface area contributed by atoms with E-state index in [2.05, 4.69) is 6.92 Å². The summed E-state index contributed by atoms with van der Waals surface area (Å²) in [5.41, 5.74) is 0.637. The van der Waals surface area contributed by atoms with Gasteiger partial charge in [-0.25, -0.2) is 4.39 Å². The van der Waals surface area contributed by atoms with Gasteiger partial charge in [-0.15, -0.1) is 0 Å². The minimum Gasteiger partial charge on any atom is -0.392 e. The van der Waals surface area contributed by atoms with Gasteiger partial charge in [0.2, 0.25) is 0 Å². The number of halogens is 1. The van der Waals surface area contributed by atoms with E-state index in [-0.39, 0.29) is 5.82 Å². The zero-order chi connectivity index (χ0) is 12.3. The van der Waals surface area contributed by atoms with E-state index < -0.39 is 6.10 Å². The highest BCUT2D eigenvalue weighted by molar-refractivity contribution is 5.18. The van der Waals surface area contributed by atoms with Gasteiger partial charge in [0.15, 0.2) is 0 Å². The van der Waals surface area contributed by atoms with Gasteiger partial charge in [0.25, 0.3) is 0 Å². The highest BCUT2D eigenvalue weighted by atomic mass is 19.1. The summed E-state index contributed by atoms with van der Waals surface area (Å²) in [6.45, 7) is 2.24. The van der Waals surface area contributed by atoms with Crippen molar-refractivity contribution in [3.63, 3.8) is 0 Å². The van der Waals surface area contributed by atoms with E-state index in [1.165, 1.54) is 18.9 Å². The number of aliphatic hydroxyl groups excluding tert-OH is 1. The molecule has 3 unspecified atom stereocenters. The normalized spacial score (nSPS) is 26.8. The molecular weight excluding hydrogens is 215 g/mol. The fourth-order valence-electron chi connectivity index (χ4n) is 2.89. The summed E-state index contributed by atoms with van der Waals surface area (Å²) in [6.07, 6.45) is 4.68. The Morgan fingerprint density at radius 3 is 2.82 bits per heavy atom. The van der Waals surface area contributed by atoms with Crippen LogP contribution in [0.1, 0.15) is 38.2 Å². The second-order valence-electron chi connectivity index (χ2n) is 5.39. The monoisotopic (exact) mass is 236 g/mol. The van der Waals surface area contributed by atoms with Gasteiger partial charge in [0.1, 0.15) is 5.82 Å². The van der Waals surface area contributed by atoms with E-state index in [0.29, 0.717) is 23.8 Å². The first-order chi connectivity index (χ1) is 8.16. The topological polar surface area (TPSA) is 20.2 Å². The lowest BCUT2D eigenvalue weighted by molar-refractivity contribution is 0.0713. The van der Waals surface area contributed by atoms with Crippen molar-refractivity contribution in [3.05, 3.63) is 35.6 Å². The van der Waals surface area contributed by atoms with Gasteiger partial charge in [-0.2, -0.15) is 0 Å². The third-order valence-electron chi connectivity index (χ3n) is 3.91. The van der Waals surface area contributed by atoms with Gasteiger partial charge in [-0.1, -0.05) is 38.0 Å². The second-order valence-corrected chi connectivity index (χ2v) is 5.39. The molecule has 1 aromatic rings. The maximum absolute atomic E-state index is 13.5. The largest absolute Gasteiger partial charge is 0.392 e. The smallest absolute Gasteiger partial charge is 0.126 e. The summed E-state index contributed by atoms with van der Waals surface area (Å²) in [7, 11) is 0. The molecule has 0 amide bonds. The fraction of sp³-hybridized carbons (Fsp3) is 0.600. The number of hydrogen-bond donors (Lipinski definition) is 1. The Bertz CT molecular complexity index is 364. The van der Waals surface area contributed by atoms with Crippen molar-refractivity contribution >= 4 is 0 Å². The molecule has 0 aromatic heterocycles. The lowest BCUT2D eigenvalue weighted by Crippen LogP contribution is -2.27. The lowest BCUT2D eigenvalue weighted by atomic mass is 9.78. The van der Waals surface area contributed by atoms with Gasteiger partial charge in [-0.3, -0.25) is 0 Å². The predicted octanol–water partition coefficient (Wildman–Crippen LogP) is 3.56. The summed E-state index contributed by atoms with van der Waals surface area (Å²) in [4.78, 5) is 0. The lowest BCUT2D eigenvalue weighted by Gasteiger charge is -2.30. The van der Waals surface area contributed by atoms with Crippen molar-refractivity contribution in [1.82, 2.24) is 0 Å². The van der Waals surface area contributed by atoms with Gasteiger partial charge in [0, 0.05) is 6.42 Å².